The number of hydrogen-bond donors (Lipinski definition) is 3. The van der Waals surface area contributed by atoms with Crippen molar-refractivity contribution in [3.05, 3.63) is 72.1 Å². The Morgan fingerprint density at radius 3 is 2.47 bits per heavy atom. The molecule has 0 spiro atoms. The van der Waals surface area contributed by atoms with E-state index in [-0.39, 0.29) is 11.3 Å². The van der Waals surface area contributed by atoms with Crippen molar-refractivity contribution in [3.63, 3.8) is 0 Å². The number of nitrogens with zero attached hydrogens (tertiary/aromatic N) is 1. The molecule has 4 N–H and O–H groups in total. The summed E-state index contributed by atoms with van der Waals surface area (Å²) in [7, 11) is -3.98. The van der Waals surface area contributed by atoms with Crippen molar-refractivity contribution >= 4 is 27.5 Å². The highest BCUT2D eigenvalue weighted by Gasteiger charge is 2.36. The molecule has 8 nitrogen and oxygen atoms in total. The summed E-state index contributed by atoms with van der Waals surface area (Å²) >= 11 is 0. The second kappa shape index (κ2) is 9.00. The van der Waals surface area contributed by atoms with E-state index in [1.165, 1.54) is 24.5 Å². The van der Waals surface area contributed by atoms with Gasteiger partial charge in [-0.1, -0.05) is 29.8 Å². The summed E-state index contributed by atoms with van der Waals surface area (Å²) in [5.41, 5.74) is 8.23. The summed E-state index contributed by atoms with van der Waals surface area (Å²) in [5, 5.41) is 5.21. The van der Waals surface area contributed by atoms with Crippen LogP contribution in [0.25, 0.3) is 0 Å². The number of hydrogen-bond acceptors (Lipinski definition) is 5. The van der Waals surface area contributed by atoms with E-state index in [2.05, 4.69) is 10.6 Å². The number of nitrogen functional groups attached to an aromatic ring is 1. The standard InChI is InChI=1S/C21H24N4O4S/c1-15-2-8-18(9-3-15)30(28,29)25-13-12-24-21(27)19(25)14-20(26)23-11-10-16-4-6-17(22)7-5-16/h2-9,12-13,19H,10-11,14,22H2,1H3,(H,23,26)(H,24,27)/t19-/m1/s1. The molecule has 2 aromatic rings. The van der Waals surface area contributed by atoms with E-state index in [9.17, 15) is 18.0 Å². The lowest BCUT2D eigenvalue weighted by atomic mass is 10.1. The minimum absolute atomic E-state index is 0.0567. The summed E-state index contributed by atoms with van der Waals surface area (Å²) in [6.07, 6.45) is 2.82. The Kier molecular flexibility index (Phi) is 6.41. The van der Waals surface area contributed by atoms with Crippen molar-refractivity contribution in [1.29, 1.82) is 0 Å². The van der Waals surface area contributed by atoms with E-state index >= 15 is 0 Å². The minimum atomic E-state index is -3.98. The Labute approximate surface area is 175 Å². The lowest BCUT2D eigenvalue weighted by Gasteiger charge is -2.31. The number of nitrogens with two attached hydrogens (primary N) is 1. The van der Waals surface area contributed by atoms with Gasteiger partial charge in [-0.3, -0.25) is 13.9 Å². The van der Waals surface area contributed by atoms with E-state index in [1.807, 2.05) is 19.1 Å². The number of carbonyl (C=O) groups excluding carboxylic acids is 2. The second-order valence-corrected chi connectivity index (χ2v) is 8.88. The van der Waals surface area contributed by atoms with Gasteiger partial charge in [0, 0.05) is 24.6 Å². The zero-order valence-electron chi connectivity index (χ0n) is 16.5. The van der Waals surface area contributed by atoms with E-state index in [0.717, 1.165) is 15.4 Å². The molecule has 1 aliphatic rings. The normalized spacial score (nSPS) is 16.2. The number of rotatable bonds is 7. The van der Waals surface area contributed by atoms with Gasteiger partial charge in [0.25, 0.3) is 10.0 Å². The Bertz CT molecular complexity index is 1050. The molecule has 0 bridgehead atoms. The van der Waals surface area contributed by atoms with Crippen LogP contribution in [0.4, 0.5) is 5.69 Å². The summed E-state index contributed by atoms with van der Waals surface area (Å²) in [4.78, 5) is 24.8. The summed E-state index contributed by atoms with van der Waals surface area (Å²) in [6, 6.07) is 12.5. The fourth-order valence-corrected chi connectivity index (χ4v) is 4.50. The quantitative estimate of drug-likeness (QED) is 0.574. The van der Waals surface area contributed by atoms with Crippen molar-refractivity contribution in [2.45, 2.75) is 30.7 Å². The molecule has 0 radical (unpaired) electrons. The molecule has 1 aliphatic heterocycles. The summed E-state index contributed by atoms with van der Waals surface area (Å²) in [5.74, 6) is -0.966. The molecule has 0 saturated heterocycles. The maximum Gasteiger partial charge on any atom is 0.264 e. The molecule has 30 heavy (non-hydrogen) atoms. The molecular weight excluding hydrogens is 404 g/mol. The molecule has 0 saturated carbocycles. The van der Waals surface area contributed by atoms with E-state index in [1.54, 1.807) is 24.3 Å². The fourth-order valence-electron chi connectivity index (χ4n) is 3.05. The van der Waals surface area contributed by atoms with Crippen molar-refractivity contribution < 1.29 is 18.0 Å². The lowest BCUT2D eigenvalue weighted by molar-refractivity contribution is -0.129. The molecule has 0 fully saturated rings. The van der Waals surface area contributed by atoms with Gasteiger partial charge >= 0.3 is 0 Å². The average Bonchev–Trinajstić information content (AvgIpc) is 2.71. The highest BCUT2D eigenvalue weighted by atomic mass is 32.2. The van der Waals surface area contributed by atoms with Crippen LogP contribution in [-0.2, 0) is 26.0 Å². The van der Waals surface area contributed by atoms with Gasteiger partial charge < -0.3 is 16.4 Å². The monoisotopic (exact) mass is 428 g/mol. The van der Waals surface area contributed by atoms with Gasteiger partial charge in [0.2, 0.25) is 11.8 Å². The van der Waals surface area contributed by atoms with Crippen LogP contribution in [0.15, 0.2) is 65.8 Å². The first-order valence-electron chi connectivity index (χ1n) is 9.46. The third-order valence-corrected chi connectivity index (χ3v) is 6.55. The van der Waals surface area contributed by atoms with Crippen LogP contribution in [0.1, 0.15) is 17.5 Å². The van der Waals surface area contributed by atoms with Crippen molar-refractivity contribution in [1.82, 2.24) is 14.9 Å². The van der Waals surface area contributed by atoms with Gasteiger partial charge in [0.05, 0.1) is 11.3 Å². The lowest BCUT2D eigenvalue weighted by Crippen LogP contribution is -2.51. The number of anilines is 1. The predicted octanol–water partition coefficient (Wildman–Crippen LogP) is 1.29. The molecule has 2 aromatic carbocycles. The van der Waals surface area contributed by atoms with E-state index < -0.39 is 27.9 Å². The molecule has 2 amide bonds. The number of amides is 2. The van der Waals surface area contributed by atoms with Crippen LogP contribution >= 0.6 is 0 Å². The minimum Gasteiger partial charge on any atom is -0.399 e. The molecule has 0 aromatic heterocycles. The SMILES string of the molecule is Cc1ccc(S(=O)(=O)N2C=CNC(=O)[C@H]2CC(=O)NCCc2ccc(N)cc2)cc1. The van der Waals surface area contributed by atoms with Gasteiger partial charge in [0.15, 0.2) is 0 Å². The third-order valence-electron chi connectivity index (χ3n) is 4.75. The van der Waals surface area contributed by atoms with E-state index in [4.69, 9.17) is 5.73 Å². The zero-order chi connectivity index (χ0) is 21.7. The number of nitrogens with one attached hydrogen (secondary N) is 2. The number of carbonyl (C=O) groups is 2. The number of sulfonamides is 1. The Balaban J connectivity index is 1.67. The van der Waals surface area contributed by atoms with Crippen LogP contribution in [-0.4, -0.2) is 37.1 Å². The average molecular weight is 429 g/mol. The molecule has 1 heterocycles. The predicted molar refractivity (Wildman–Crippen MR) is 113 cm³/mol. The molecule has 158 valence electrons. The maximum absolute atomic E-state index is 13.0. The fraction of sp³-hybridized carbons (Fsp3) is 0.238. The molecular formula is C21H24N4O4S. The maximum atomic E-state index is 13.0. The van der Waals surface area contributed by atoms with E-state index in [0.29, 0.717) is 18.7 Å². The van der Waals surface area contributed by atoms with Gasteiger partial charge in [-0.25, -0.2) is 8.42 Å². The first kappa shape index (κ1) is 21.4. The number of aryl methyl sites for hydroxylation is 1. The molecule has 1 atom stereocenters. The Morgan fingerprint density at radius 2 is 1.80 bits per heavy atom. The highest BCUT2D eigenvalue weighted by Crippen LogP contribution is 2.22. The topological polar surface area (TPSA) is 122 Å². The van der Waals surface area contributed by atoms with Crippen molar-refractivity contribution in [3.8, 4) is 0 Å². The van der Waals surface area contributed by atoms with Gasteiger partial charge in [-0.05, 0) is 43.2 Å². The second-order valence-electron chi connectivity index (χ2n) is 7.03. The van der Waals surface area contributed by atoms with Crippen LogP contribution in [0, 0.1) is 6.92 Å². The van der Waals surface area contributed by atoms with Gasteiger partial charge in [0.1, 0.15) is 6.04 Å². The van der Waals surface area contributed by atoms with Crippen LogP contribution in [0.5, 0.6) is 0 Å². The van der Waals surface area contributed by atoms with Crippen molar-refractivity contribution in [2.75, 3.05) is 12.3 Å². The van der Waals surface area contributed by atoms with Crippen LogP contribution < -0.4 is 16.4 Å². The molecule has 9 heteroatoms. The molecule has 3 rings (SSSR count). The Hall–Kier alpha value is -3.33. The number of benzene rings is 2. The zero-order valence-corrected chi connectivity index (χ0v) is 17.4. The van der Waals surface area contributed by atoms with Crippen molar-refractivity contribution in [2.24, 2.45) is 0 Å². The summed E-state index contributed by atoms with van der Waals surface area (Å²) < 4.78 is 27.0. The molecule has 0 aliphatic carbocycles. The third kappa shape index (κ3) is 4.98. The smallest absolute Gasteiger partial charge is 0.264 e. The first-order chi connectivity index (χ1) is 14.3. The highest BCUT2D eigenvalue weighted by molar-refractivity contribution is 7.89. The summed E-state index contributed by atoms with van der Waals surface area (Å²) in [6.45, 7) is 2.21. The van der Waals surface area contributed by atoms with Gasteiger partial charge in [-0.15, -0.1) is 0 Å². The van der Waals surface area contributed by atoms with Crippen LogP contribution in [0.2, 0.25) is 0 Å². The largest absolute Gasteiger partial charge is 0.399 e. The first-order valence-corrected chi connectivity index (χ1v) is 10.9. The molecule has 0 unspecified atom stereocenters. The van der Waals surface area contributed by atoms with Gasteiger partial charge in [-0.2, -0.15) is 0 Å². The Morgan fingerprint density at radius 1 is 1.13 bits per heavy atom. The van der Waals surface area contributed by atoms with Crippen LogP contribution in [0.3, 0.4) is 0 Å².